The van der Waals surface area contributed by atoms with Gasteiger partial charge in [-0.25, -0.2) is 18.1 Å². The predicted molar refractivity (Wildman–Crippen MR) is 137 cm³/mol. The van der Waals surface area contributed by atoms with E-state index in [2.05, 4.69) is 41.9 Å². The van der Waals surface area contributed by atoms with Gasteiger partial charge in [-0.3, -0.25) is 0 Å². The first-order valence-corrected chi connectivity index (χ1v) is 17.5. The number of ether oxygens (including phenoxy) is 2. The number of nitrogens with zero attached hydrogens (tertiary/aromatic N) is 4. The summed E-state index contributed by atoms with van der Waals surface area (Å²) in [7, 11) is -4.41. The maximum atomic E-state index is 12.7. The molecular weight excluding hydrogens is 470 g/mol. The van der Waals surface area contributed by atoms with Gasteiger partial charge < -0.3 is 19.7 Å². The molecule has 1 N–H and O–H groups in total. The average molecular weight is 508 g/mol. The van der Waals surface area contributed by atoms with Crippen LogP contribution in [0.1, 0.15) is 25.3 Å². The van der Waals surface area contributed by atoms with E-state index in [9.17, 15) is 8.42 Å². The number of hydrogen-bond acceptors (Lipinski definition) is 8. The minimum Gasteiger partial charge on any atom is -0.377 e. The molecule has 0 spiro atoms. The van der Waals surface area contributed by atoms with Crippen molar-refractivity contribution in [2.45, 2.75) is 63.0 Å². The van der Waals surface area contributed by atoms with Crippen molar-refractivity contribution in [2.24, 2.45) is 0 Å². The van der Waals surface area contributed by atoms with Gasteiger partial charge in [-0.1, -0.05) is 19.6 Å². The van der Waals surface area contributed by atoms with Crippen molar-refractivity contribution in [1.29, 1.82) is 0 Å². The summed E-state index contributed by atoms with van der Waals surface area (Å²) < 4.78 is 37.7. The molecule has 11 heteroatoms. The fourth-order valence-corrected chi connectivity index (χ4v) is 6.39. The molecule has 0 bridgehead atoms. The summed E-state index contributed by atoms with van der Waals surface area (Å²) >= 11 is 0. The molecule has 1 atom stereocenters. The van der Waals surface area contributed by atoms with Crippen molar-refractivity contribution in [2.75, 3.05) is 42.8 Å². The molecule has 1 aliphatic carbocycles. The highest BCUT2D eigenvalue weighted by Gasteiger charge is 2.54. The molecule has 2 aromatic heterocycles. The van der Waals surface area contributed by atoms with E-state index in [4.69, 9.17) is 14.5 Å². The van der Waals surface area contributed by atoms with Crippen LogP contribution in [0.4, 0.5) is 17.5 Å². The molecule has 1 saturated heterocycles. The average Bonchev–Trinajstić information content (AvgIpc) is 3.47. The van der Waals surface area contributed by atoms with Crippen molar-refractivity contribution in [3.05, 3.63) is 30.0 Å². The molecule has 188 valence electrons. The third-order valence-electron chi connectivity index (χ3n) is 6.60. The summed E-state index contributed by atoms with van der Waals surface area (Å²) in [5.74, 6) is 2.12. The minimum absolute atomic E-state index is 0.156. The van der Waals surface area contributed by atoms with Crippen molar-refractivity contribution in [3.8, 4) is 0 Å². The molecule has 1 aliphatic heterocycles. The van der Waals surface area contributed by atoms with Gasteiger partial charge in [-0.15, -0.1) is 0 Å². The van der Waals surface area contributed by atoms with Crippen LogP contribution in [-0.4, -0.2) is 69.9 Å². The molecule has 3 heterocycles. The van der Waals surface area contributed by atoms with Crippen LogP contribution in [0, 0.1) is 0 Å². The maximum Gasteiger partial charge on any atom is 0.157 e. The van der Waals surface area contributed by atoms with Gasteiger partial charge in [0.2, 0.25) is 0 Å². The quantitative estimate of drug-likeness (QED) is 0.385. The Kier molecular flexibility index (Phi) is 7.10. The summed E-state index contributed by atoms with van der Waals surface area (Å²) in [6.07, 6.45) is 4.32. The zero-order chi connectivity index (χ0) is 24.6. The second-order valence-electron chi connectivity index (χ2n) is 10.7. The highest BCUT2D eigenvalue weighted by Crippen LogP contribution is 2.53. The van der Waals surface area contributed by atoms with Gasteiger partial charge in [-0.05, 0) is 43.5 Å². The molecule has 0 amide bonds. The summed E-state index contributed by atoms with van der Waals surface area (Å²) in [6.45, 7) is 12.1. The van der Waals surface area contributed by atoms with Gasteiger partial charge >= 0.3 is 0 Å². The number of sulfone groups is 1. The highest BCUT2D eigenvalue weighted by atomic mass is 32.2. The minimum atomic E-state index is -3.25. The van der Waals surface area contributed by atoms with Gasteiger partial charge in [0, 0.05) is 33.5 Å². The van der Waals surface area contributed by atoms with E-state index in [1.807, 2.05) is 18.2 Å². The first-order chi connectivity index (χ1) is 16.0. The summed E-state index contributed by atoms with van der Waals surface area (Å²) in [4.78, 5) is 7.05. The number of hydrogen-bond donors (Lipinski definition) is 1. The molecular formula is C23H37N5O4SSi. The molecule has 2 aliphatic rings. The second-order valence-corrected chi connectivity index (χ2v) is 18.6. The lowest BCUT2D eigenvalue weighted by molar-refractivity contribution is 0.0801. The van der Waals surface area contributed by atoms with Crippen LogP contribution in [0.25, 0.3) is 0 Å². The first-order valence-electron chi connectivity index (χ1n) is 11.9. The number of morpholine rings is 1. The Morgan fingerprint density at radius 2 is 2.06 bits per heavy atom. The van der Waals surface area contributed by atoms with Crippen LogP contribution in [0.2, 0.25) is 25.7 Å². The lowest BCUT2D eigenvalue weighted by atomic mass is 10.1. The number of nitrogens with one attached hydrogen (secondary N) is 1. The zero-order valence-electron chi connectivity index (χ0n) is 20.9. The molecule has 0 aromatic carbocycles. The van der Waals surface area contributed by atoms with Gasteiger partial charge in [0.15, 0.2) is 9.84 Å². The van der Waals surface area contributed by atoms with E-state index in [0.29, 0.717) is 51.8 Å². The molecule has 9 nitrogen and oxygen atoms in total. The van der Waals surface area contributed by atoms with Crippen molar-refractivity contribution >= 4 is 35.4 Å². The Labute approximate surface area is 203 Å². The Bertz CT molecular complexity index is 1110. The third-order valence-corrected chi connectivity index (χ3v) is 10.4. The van der Waals surface area contributed by atoms with Crippen molar-refractivity contribution < 1.29 is 17.9 Å². The van der Waals surface area contributed by atoms with E-state index in [1.54, 1.807) is 10.9 Å². The van der Waals surface area contributed by atoms with Crippen LogP contribution >= 0.6 is 0 Å². The van der Waals surface area contributed by atoms with Gasteiger partial charge in [-0.2, -0.15) is 5.10 Å². The molecule has 2 aromatic rings. The molecule has 4 rings (SSSR count). The van der Waals surface area contributed by atoms with Crippen LogP contribution in [0.5, 0.6) is 0 Å². The van der Waals surface area contributed by atoms with E-state index in [1.165, 1.54) is 6.26 Å². The molecule has 0 unspecified atom stereocenters. The topological polar surface area (TPSA) is 98.6 Å². The third kappa shape index (κ3) is 5.64. The van der Waals surface area contributed by atoms with Gasteiger partial charge in [0.25, 0.3) is 0 Å². The van der Waals surface area contributed by atoms with E-state index in [0.717, 1.165) is 23.2 Å². The molecule has 1 saturated carbocycles. The van der Waals surface area contributed by atoms with Crippen LogP contribution < -0.4 is 10.2 Å². The van der Waals surface area contributed by atoms with Crippen LogP contribution in [-0.2, 0) is 30.8 Å². The first kappa shape index (κ1) is 25.1. The summed E-state index contributed by atoms with van der Waals surface area (Å²) in [5.41, 5.74) is 0.790. The van der Waals surface area contributed by atoms with Crippen molar-refractivity contribution in [1.82, 2.24) is 14.8 Å². The maximum absolute atomic E-state index is 12.7. The van der Waals surface area contributed by atoms with Crippen LogP contribution in [0.3, 0.4) is 0 Å². The molecule has 34 heavy (non-hydrogen) atoms. The lowest BCUT2D eigenvalue weighted by Crippen LogP contribution is -2.44. The monoisotopic (exact) mass is 507 g/mol. The number of aromatic nitrogens is 3. The molecule has 0 radical (unpaired) electrons. The highest BCUT2D eigenvalue weighted by molar-refractivity contribution is 7.92. The summed E-state index contributed by atoms with van der Waals surface area (Å²) in [6, 6.07) is 6.93. The second kappa shape index (κ2) is 9.60. The smallest absolute Gasteiger partial charge is 0.157 e. The summed E-state index contributed by atoms with van der Waals surface area (Å²) in [5, 5.41) is 7.74. The SMILES string of the molecule is C[C@@H]1COCCN1c1cc(C2(S(C)(=O)=O)CC2)cc(Nc2ccnn2COCC[Si](C)(C)C)n1. The molecule has 2 fully saturated rings. The Morgan fingerprint density at radius 1 is 1.29 bits per heavy atom. The Hall–Kier alpha value is -1.95. The van der Waals surface area contributed by atoms with Crippen LogP contribution in [0.15, 0.2) is 24.4 Å². The van der Waals surface area contributed by atoms with E-state index >= 15 is 0 Å². The van der Waals surface area contributed by atoms with E-state index < -0.39 is 22.7 Å². The predicted octanol–water partition coefficient (Wildman–Crippen LogP) is 3.59. The normalized spacial score (nSPS) is 20.4. The van der Waals surface area contributed by atoms with Gasteiger partial charge in [0.1, 0.15) is 24.2 Å². The van der Waals surface area contributed by atoms with Crippen molar-refractivity contribution in [3.63, 3.8) is 0 Å². The zero-order valence-corrected chi connectivity index (χ0v) is 22.7. The number of rotatable bonds is 10. The number of anilines is 3. The fourth-order valence-electron chi connectivity index (χ4n) is 4.25. The lowest BCUT2D eigenvalue weighted by Gasteiger charge is -2.35. The van der Waals surface area contributed by atoms with E-state index in [-0.39, 0.29) is 6.04 Å². The van der Waals surface area contributed by atoms with Gasteiger partial charge in [0.05, 0.1) is 30.2 Å². The fraction of sp³-hybridized carbons (Fsp3) is 0.652. The largest absolute Gasteiger partial charge is 0.377 e. The Balaban J connectivity index is 1.59. The Morgan fingerprint density at radius 3 is 2.71 bits per heavy atom. The standard InChI is InChI=1S/C23H37N5O4SSi/c1-18-16-31-11-10-27(18)22-15-19(23(7-8-23)33(2,29)30)14-20(26-22)25-21-6-9-24-28(21)17-32-12-13-34(3,4)5/h6,9,14-15,18H,7-8,10-13,16-17H2,1-5H3,(H,25,26)/t18-/m1/s1. The number of pyridine rings is 1.